The lowest BCUT2D eigenvalue weighted by Gasteiger charge is -1.90. The molecule has 0 rings (SSSR count). The van der Waals surface area contributed by atoms with Crippen LogP contribution in [0.4, 0.5) is 0 Å². The molecule has 0 aromatic rings. The fraction of sp³-hybridized carbons (Fsp3) is 1.00. The fourth-order valence-corrected chi connectivity index (χ4v) is 0. The van der Waals surface area contributed by atoms with Crippen molar-refractivity contribution < 1.29 is 0 Å². The lowest BCUT2D eigenvalue weighted by atomic mass is 11.0. The highest BCUT2D eigenvalue weighted by molar-refractivity contribution is 5.85. The molecule has 2 heteroatoms. The molecule has 6 heavy (non-hydrogen) atoms. The molecule has 0 heterocycles. The van der Waals surface area contributed by atoms with Gasteiger partial charge in [-0.1, -0.05) is 7.43 Å². The summed E-state index contributed by atoms with van der Waals surface area (Å²) in [7, 11) is 6.00. The second kappa shape index (κ2) is 8.98. The smallest absolute Gasteiger partial charge is 0.0140 e. The maximum atomic E-state index is 2.00. The highest BCUT2D eigenvalue weighted by atomic mass is 35.5. The lowest BCUT2D eigenvalue weighted by Crippen LogP contribution is -1.99. The van der Waals surface area contributed by atoms with Gasteiger partial charge in [-0.2, -0.15) is 0 Å². The van der Waals surface area contributed by atoms with Crippen LogP contribution < -0.4 is 0 Å². The van der Waals surface area contributed by atoms with E-state index in [1.807, 2.05) is 26.0 Å². The summed E-state index contributed by atoms with van der Waals surface area (Å²) in [5.41, 5.74) is 0. The first-order valence-electron chi connectivity index (χ1n) is 1.34. The van der Waals surface area contributed by atoms with E-state index >= 15 is 0 Å². The highest BCUT2D eigenvalue weighted by Crippen LogP contribution is 1.47. The predicted molar refractivity (Wildman–Crippen MR) is 33.6 cm³/mol. The van der Waals surface area contributed by atoms with Crippen LogP contribution in [-0.2, 0) is 0 Å². The van der Waals surface area contributed by atoms with Crippen molar-refractivity contribution in [3.8, 4) is 0 Å². The van der Waals surface area contributed by atoms with Gasteiger partial charge in [-0.25, -0.2) is 0 Å². The van der Waals surface area contributed by atoms with E-state index in [1.165, 1.54) is 0 Å². The molecule has 0 saturated carbocycles. The molecule has 0 radical (unpaired) electrons. The monoisotopic (exact) mass is 111 g/mol. The van der Waals surface area contributed by atoms with Gasteiger partial charge in [-0.3, -0.25) is 0 Å². The second-order valence-corrected chi connectivity index (χ2v) is 1.34. The Bertz CT molecular complexity index is 12.3. The molecule has 0 fully saturated rings. The van der Waals surface area contributed by atoms with Crippen LogP contribution in [0.15, 0.2) is 0 Å². The predicted octanol–water partition coefficient (Wildman–Crippen LogP) is 1.24. The molecule has 0 aliphatic carbocycles. The molecule has 0 aliphatic heterocycles. The topological polar surface area (TPSA) is 3.24 Å². The summed E-state index contributed by atoms with van der Waals surface area (Å²) in [6.07, 6.45) is 0. The Morgan fingerprint density at radius 2 is 1.00 bits per heavy atom. The third-order valence-electron chi connectivity index (χ3n) is 0. The van der Waals surface area contributed by atoms with E-state index in [1.54, 1.807) is 0 Å². The van der Waals surface area contributed by atoms with Crippen LogP contribution in [0.3, 0.4) is 0 Å². The Morgan fingerprint density at radius 3 is 1.00 bits per heavy atom. The second-order valence-electron chi connectivity index (χ2n) is 1.34. The third kappa shape index (κ3) is 718. The van der Waals surface area contributed by atoms with E-state index in [0.717, 1.165) is 0 Å². The maximum Gasteiger partial charge on any atom is -0.0140 e. The zero-order chi connectivity index (χ0) is 3.58. The minimum atomic E-state index is 0. The zero-order valence-corrected chi connectivity index (χ0v) is 4.67. The van der Waals surface area contributed by atoms with Crippen molar-refractivity contribution in [1.29, 1.82) is 0 Å². The van der Waals surface area contributed by atoms with E-state index in [9.17, 15) is 0 Å². The van der Waals surface area contributed by atoms with Crippen LogP contribution in [0.5, 0.6) is 0 Å². The zero-order valence-electron chi connectivity index (χ0n) is 3.86. The molecule has 0 amide bonds. The maximum absolute atomic E-state index is 2.00. The summed E-state index contributed by atoms with van der Waals surface area (Å²) in [6, 6.07) is 0. The number of hydrogen-bond acceptors (Lipinski definition) is 1. The molecular formula is C4H14ClN. The molecule has 0 aromatic heterocycles. The summed E-state index contributed by atoms with van der Waals surface area (Å²) in [6.45, 7) is 0. The van der Waals surface area contributed by atoms with Gasteiger partial charge in [0.25, 0.3) is 0 Å². The molecule has 0 atom stereocenters. The molecule has 0 N–H and O–H groups in total. The molecule has 42 valence electrons. The summed E-state index contributed by atoms with van der Waals surface area (Å²) < 4.78 is 0. The van der Waals surface area contributed by atoms with Crippen LogP contribution in [-0.4, -0.2) is 26.0 Å². The van der Waals surface area contributed by atoms with Gasteiger partial charge in [0.05, 0.1) is 0 Å². The van der Waals surface area contributed by atoms with Gasteiger partial charge < -0.3 is 4.90 Å². The van der Waals surface area contributed by atoms with E-state index in [2.05, 4.69) is 0 Å². The molecule has 1 nitrogen and oxygen atoms in total. The van der Waals surface area contributed by atoms with Gasteiger partial charge in [-0.05, 0) is 21.1 Å². The Hall–Kier alpha value is 0.250. The Labute approximate surface area is 46.8 Å². The summed E-state index contributed by atoms with van der Waals surface area (Å²) in [4.78, 5) is 2.00. The summed E-state index contributed by atoms with van der Waals surface area (Å²) in [5, 5.41) is 0. The minimum Gasteiger partial charge on any atom is -0.312 e. The number of rotatable bonds is 0. The van der Waals surface area contributed by atoms with Gasteiger partial charge in [-0.15, -0.1) is 12.4 Å². The van der Waals surface area contributed by atoms with E-state index in [4.69, 9.17) is 0 Å². The normalized spacial score (nSPS) is 6.00. The number of halogens is 1. The van der Waals surface area contributed by atoms with Crippen molar-refractivity contribution in [3.05, 3.63) is 0 Å². The van der Waals surface area contributed by atoms with Gasteiger partial charge in [0.2, 0.25) is 0 Å². The molecular weight excluding hydrogens is 97.5 g/mol. The lowest BCUT2D eigenvalue weighted by molar-refractivity contribution is 0.505. The molecule has 0 spiro atoms. The Balaban J connectivity index is -0.0000000450. The van der Waals surface area contributed by atoms with Crippen LogP contribution in [0, 0.1) is 0 Å². The first-order chi connectivity index (χ1) is 1.73. The molecule has 0 aromatic carbocycles. The molecule has 0 saturated heterocycles. The minimum absolute atomic E-state index is 0. The average molecular weight is 112 g/mol. The Kier molecular flexibility index (Phi) is 24.4. The number of hydrogen-bond donors (Lipinski definition) is 0. The van der Waals surface area contributed by atoms with Crippen LogP contribution in [0.1, 0.15) is 7.43 Å². The van der Waals surface area contributed by atoms with E-state index in [0.29, 0.717) is 0 Å². The van der Waals surface area contributed by atoms with E-state index < -0.39 is 0 Å². The van der Waals surface area contributed by atoms with Crippen molar-refractivity contribution in [3.63, 3.8) is 0 Å². The van der Waals surface area contributed by atoms with E-state index in [-0.39, 0.29) is 19.8 Å². The Morgan fingerprint density at radius 1 is 1.00 bits per heavy atom. The largest absolute Gasteiger partial charge is 0.312 e. The van der Waals surface area contributed by atoms with Gasteiger partial charge in [0.1, 0.15) is 0 Å². The van der Waals surface area contributed by atoms with Crippen molar-refractivity contribution in [2.45, 2.75) is 7.43 Å². The van der Waals surface area contributed by atoms with Crippen molar-refractivity contribution >= 4 is 12.4 Å². The third-order valence-corrected chi connectivity index (χ3v) is 0. The fourth-order valence-electron chi connectivity index (χ4n) is 0. The average Bonchev–Trinajstić information content (AvgIpc) is 0.811. The highest BCUT2D eigenvalue weighted by Gasteiger charge is 1.58. The van der Waals surface area contributed by atoms with Crippen LogP contribution >= 0.6 is 12.4 Å². The molecule has 0 bridgehead atoms. The quantitative estimate of drug-likeness (QED) is 0.455. The molecule has 0 unspecified atom stereocenters. The van der Waals surface area contributed by atoms with Crippen LogP contribution in [0.25, 0.3) is 0 Å². The first-order valence-corrected chi connectivity index (χ1v) is 1.34. The standard InChI is InChI=1S/C3H9N.CH4.ClH/c1-4(2)3;;/h1-3H3;1H4;1H. The molecule has 0 aliphatic rings. The van der Waals surface area contributed by atoms with Crippen molar-refractivity contribution in [2.24, 2.45) is 0 Å². The van der Waals surface area contributed by atoms with Gasteiger partial charge in [0, 0.05) is 0 Å². The summed E-state index contributed by atoms with van der Waals surface area (Å²) in [5.74, 6) is 0. The first kappa shape index (κ1) is 16.3. The van der Waals surface area contributed by atoms with Gasteiger partial charge in [0.15, 0.2) is 0 Å². The van der Waals surface area contributed by atoms with Crippen LogP contribution in [0.2, 0.25) is 0 Å². The van der Waals surface area contributed by atoms with Gasteiger partial charge >= 0.3 is 0 Å². The summed E-state index contributed by atoms with van der Waals surface area (Å²) >= 11 is 0. The van der Waals surface area contributed by atoms with Crippen molar-refractivity contribution in [2.75, 3.05) is 21.1 Å². The SMILES string of the molecule is C.CN(C)C.Cl. The number of nitrogens with zero attached hydrogens (tertiary/aromatic N) is 1. The van der Waals surface area contributed by atoms with Crippen molar-refractivity contribution in [1.82, 2.24) is 4.90 Å².